The van der Waals surface area contributed by atoms with Gasteiger partial charge in [-0.2, -0.15) is 0 Å². The topological polar surface area (TPSA) is 55.8 Å². The number of ether oxygens (including phenoxy) is 2. The van der Waals surface area contributed by atoms with Gasteiger partial charge in [-0.1, -0.05) is 0 Å². The average Bonchev–Trinajstić information content (AvgIpc) is 2.36. The van der Waals surface area contributed by atoms with Crippen molar-refractivity contribution < 1.29 is 19.1 Å². The molecule has 5 heteroatoms. The third-order valence-electron chi connectivity index (χ3n) is 3.97. The zero-order valence-electron chi connectivity index (χ0n) is 12.1. The van der Waals surface area contributed by atoms with Crippen molar-refractivity contribution in [2.24, 2.45) is 11.8 Å². The zero-order chi connectivity index (χ0) is 14.2. The van der Waals surface area contributed by atoms with Crippen LogP contribution in [0.1, 0.15) is 40.0 Å². The Morgan fingerprint density at radius 3 is 2.37 bits per heavy atom. The summed E-state index contributed by atoms with van der Waals surface area (Å²) in [5.74, 6) is 0.0194. The average molecular weight is 269 g/mol. The number of methoxy groups -OCH3 is 1. The highest BCUT2D eigenvalue weighted by Crippen LogP contribution is 2.40. The van der Waals surface area contributed by atoms with Gasteiger partial charge in [-0.15, -0.1) is 0 Å². The Bertz CT molecular complexity index is 374. The smallest absolute Gasteiger partial charge is 0.410 e. The minimum absolute atomic E-state index is 0.0533. The molecule has 3 fully saturated rings. The Morgan fingerprint density at radius 1 is 1.21 bits per heavy atom. The first-order valence-electron chi connectivity index (χ1n) is 6.89. The fourth-order valence-electron chi connectivity index (χ4n) is 3.10. The van der Waals surface area contributed by atoms with E-state index in [0.29, 0.717) is 13.0 Å². The standard InChI is InChI=1S/C14H23NO4/c1-14(2,3)19-13(17)15-8-9-5-6-10(15)7-11(9)12(16)18-4/h9-11H,5-8H2,1-4H3/t9-,10-,11?/m1/s1. The molecule has 2 bridgehead atoms. The van der Waals surface area contributed by atoms with Crippen LogP contribution in [0.15, 0.2) is 0 Å². The molecule has 2 saturated heterocycles. The van der Waals surface area contributed by atoms with E-state index in [2.05, 4.69) is 0 Å². The number of piperidine rings is 2. The van der Waals surface area contributed by atoms with Gasteiger partial charge in [0.1, 0.15) is 5.60 Å². The molecule has 19 heavy (non-hydrogen) atoms. The summed E-state index contributed by atoms with van der Waals surface area (Å²) in [5, 5.41) is 0. The van der Waals surface area contributed by atoms with Crippen molar-refractivity contribution in [1.29, 1.82) is 0 Å². The molecule has 0 aromatic carbocycles. The number of hydrogen-bond acceptors (Lipinski definition) is 4. The lowest BCUT2D eigenvalue weighted by Gasteiger charge is -2.48. The lowest BCUT2D eigenvalue weighted by molar-refractivity contribution is -0.153. The summed E-state index contributed by atoms with van der Waals surface area (Å²) in [6.45, 7) is 6.21. The number of fused-ring (bicyclic) bond motifs is 3. The maximum Gasteiger partial charge on any atom is 0.410 e. The zero-order valence-corrected chi connectivity index (χ0v) is 12.1. The molecular weight excluding hydrogens is 246 g/mol. The van der Waals surface area contributed by atoms with Gasteiger partial charge in [-0.25, -0.2) is 4.79 Å². The monoisotopic (exact) mass is 269 g/mol. The molecule has 1 aliphatic carbocycles. The van der Waals surface area contributed by atoms with Gasteiger partial charge in [0.05, 0.1) is 13.0 Å². The molecule has 0 aromatic rings. The van der Waals surface area contributed by atoms with E-state index in [4.69, 9.17) is 9.47 Å². The molecule has 1 unspecified atom stereocenters. The summed E-state index contributed by atoms with van der Waals surface area (Å²) in [7, 11) is 1.43. The van der Waals surface area contributed by atoms with E-state index in [9.17, 15) is 9.59 Å². The summed E-state index contributed by atoms with van der Waals surface area (Å²) >= 11 is 0. The minimum Gasteiger partial charge on any atom is -0.469 e. The van der Waals surface area contributed by atoms with Gasteiger partial charge in [0.25, 0.3) is 0 Å². The Kier molecular flexibility index (Phi) is 3.74. The van der Waals surface area contributed by atoms with Crippen molar-refractivity contribution in [3.63, 3.8) is 0 Å². The van der Waals surface area contributed by atoms with Gasteiger partial charge in [0.15, 0.2) is 0 Å². The predicted molar refractivity (Wildman–Crippen MR) is 69.6 cm³/mol. The van der Waals surface area contributed by atoms with Crippen LogP contribution in [0.2, 0.25) is 0 Å². The molecule has 108 valence electrons. The van der Waals surface area contributed by atoms with E-state index in [1.807, 2.05) is 20.8 Å². The number of carbonyl (C=O) groups is 2. The van der Waals surface area contributed by atoms with E-state index < -0.39 is 5.60 Å². The van der Waals surface area contributed by atoms with Crippen LogP contribution < -0.4 is 0 Å². The molecule has 5 nitrogen and oxygen atoms in total. The molecular formula is C14H23NO4. The van der Waals surface area contributed by atoms with Crippen LogP contribution in [-0.2, 0) is 14.3 Å². The van der Waals surface area contributed by atoms with Crippen LogP contribution in [0.5, 0.6) is 0 Å². The summed E-state index contributed by atoms with van der Waals surface area (Å²) < 4.78 is 10.3. The molecule has 1 amide bonds. The van der Waals surface area contributed by atoms with E-state index in [1.165, 1.54) is 7.11 Å². The normalized spacial score (nSPS) is 30.1. The lowest BCUT2D eigenvalue weighted by Crippen LogP contribution is -2.56. The molecule has 0 spiro atoms. The Morgan fingerprint density at radius 2 is 1.89 bits per heavy atom. The molecule has 3 rings (SSSR count). The van der Waals surface area contributed by atoms with E-state index >= 15 is 0 Å². The summed E-state index contributed by atoms with van der Waals surface area (Å²) in [6, 6.07) is 0.115. The van der Waals surface area contributed by atoms with Crippen molar-refractivity contribution in [2.75, 3.05) is 13.7 Å². The number of carbonyl (C=O) groups excluding carboxylic acids is 2. The molecule has 3 aliphatic rings. The van der Waals surface area contributed by atoms with Crippen LogP contribution in [-0.4, -0.2) is 42.3 Å². The number of amides is 1. The van der Waals surface area contributed by atoms with Gasteiger partial charge in [0.2, 0.25) is 0 Å². The first-order valence-corrected chi connectivity index (χ1v) is 6.89. The van der Waals surface area contributed by atoms with Crippen molar-refractivity contribution in [2.45, 2.75) is 51.7 Å². The second-order valence-electron chi connectivity index (χ2n) is 6.49. The minimum atomic E-state index is -0.477. The Labute approximate surface area is 114 Å². The molecule has 0 radical (unpaired) electrons. The quantitative estimate of drug-likeness (QED) is 0.685. The first kappa shape index (κ1) is 14.2. The van der Waals surface area contributed by atoms with Gasteiger partial charge < -0.3 is 14.4 Å². The summed E-state index contributed by atoms with van der Waals surface area (Å²) in [5.41, 5.74) is -0.477. The van der Waals surface area contributed by atoms with Gasteiger partial charge in [0, 0.05) is 12.6 Å². The number of hydrogen-bond donors (Lipinski definition) is 0. The first-order chi connectivity index (χ1) is 8.81. The van der Waals surface area contributed by atoms with E-state index in [0.717, 1.165) is 12.8 Å². The number of rotatable bonds is 1. The fourth-order valence-corrected chi connectivity index (χ4v) is 3.10. The SMILES string of the molecule is COC(=O)C1C[C@H]2CC[C@@H]1CN2C(=O)OC(C)(C)C. The van der Waals surface area contributed by atoms with Crippen molar-refractivity contribution in [3.8, 4) is 0 Å². The highest BCUT2D eigenvalue weighted by molar-refractivity contribution is 5.74. The molecule has 1 saturated carbocycles. The van der Waals surface area contributed by atoms with Crippen LogP contribution in [0.3, 0.4) is 0 Å². The molecule has 0 aromatic heterocycles. The maximum atomic E-state index is 12.1. The fraction of sp³-hybridized carbons (Fsp3) is 0.857. The largest absolute Gasteiger partial charge is 0.469 e. The predicted octanol–water partition coefficient (Wildman–Crippen LogP) is 2.20. The van der Waals surface area contributed by atoms with Crippen molar-refractivity contribution >= 4 is 12.1 Å². The van der Waals surface area contributed by atoms with Crippen LogP contribution in [0.4, 0.5) is 4.79 Å². The van der Waals surface area contributed by atoms with Gasteiger partial charge >= 0.3 is 12.1 Å². The summed E-state index contributed by atoms with van der Waals surface area (Å²) in [4.78, 5) is 25.6. The van der Waals surface area contributed by atoms with Crippen molar-refractivity contribution in [3.05, 3.63) is 0 Å². The molecule has 2 heterocycles. The summed E-state index contributed by atoms with van der Waals surface area (Å²) in [6.07, 6.45) is 2.39. The highest BCUT2D eigenvalue weighted by Gasteiger charge is 2.46. The van der Waals surface area contributed by atoms with Crippen molar-refractivity contribution in [1.82, 2.24) is 4.90 Å². The third kappa shape index (κ3) is 3.01. The maximum absolute atomic E-state index is 12.1. The Hall–Kier alpha value is -1.26. The second-order valence-corrected chi connectivity index (χ2v) is 6.49. The molecule has 0 N–H and O–H groups in total. The van der Waals surface area contributed by atoms with Gasteiger partial charge in [-0.3, -0.25) is 4.79 Å². The Balaban J connectivity index is 2.02. The van der Waals surface area contributed by atoms with Crippen LogP contribution in [0.25, 0.3) is 0 Å². The molecule has 3 atom stereocenters. The third-order valence-corrected chi connectivity index (χ3v) is 3.97. The van der Waals surface area contributed by atoms with Crippen LogP contribution in [0, 0.1) is 11.8 Å². The van der Waals surface area contributed by atoms with Crippen LogP contribution >= 0.6 is 0 Å². The molecule has 2 aliphatic heterocycles. The lowest BCUT2D eigenvalue weighted by atomic mass is 9.72. The number of esters is 1. The highest BCUT2D eigenvalue weighted by atomic mass is 16.6. The second kappa shape index (κ2) is 5.02. The van der Waals surface area contributed by atoms with E-state index in [1.54, 1.807) is 4.90 Å². The number of nitrogens with zero attached hydrogens (tertiary/aromatic N) is 1. The van der Waals surface area contributed by atoms with E-state index in [-0.39, 0.29) is 29.9 Å². The van der Waals surface area contributed by atoms with Gasteiger partial charge in [-0.05, 0) is 46.0 Å².